The first-order valence-electron chi connectivity index (χ1n) is 8.45. The van der Waals surface area contributed by atoms with E-state index in [4.69, 9.17) is 9.47 Å². The molecule has 0 spiro atoms. The minimum absolute atomic E-state index is 0.718. The third-order valence-corrected chi connectivity index (χ3v) is 4.39. The number of benzene rings is 1. The molecule has 0 fully saturated rings. The van der Waals surface area contributed by atoms with Crippen LogP contribution in [0.4, 0.5) is 0 Å². The summed E-state index contributed by atoms with van der Waals surface area (Å²) in [4.78, 5) is 11.2. The van der Waals surface area contributed by atoms with Crippen molar-refractivity contribution < 1.29 is 9.47 Å². The Morgan fingerprint density at radius 1 is 0.808 bits per heavy atom. The topological polar surface area (TPSA) is 57.3 Å². The second-order valence-electron chi connectivity index (χ2n) is 6.27. The zero-order valence-corrected chi connectivity index (χ0v) is 15.7. The average molecular weight is 355 g/mol. The third kappa shape index (κ3) is 4.23. The molecule has 0 bridgehead atoms. The van der Waals surface area contributed by atoms with Gasteiger partial charge in [0.05, 0.1) is 27.3 Å². The molecule has 7 nitrogen and oxygen atoms in total. The monoisotopic (exact) mass is 355 g/mol. The van der Waals surface area contributed by atoms with Crippen LogP contribution >= 0.6 is 0 Å². The maximum Gasteiger partial charge on any atom is 0.122 e. The Morgan fingerprint density at radius 2 is 1.31 bits per heavy atom. The predicted octanol–water partition coefficient (Wildman–Crippen LogP) is 2.37. The first-order valence-corrected chi connectivity index (χ1v) is 8.45. The van der Waals surface area contributed by atoms with Crippen LogP contribution in [0.3, 0.4) is 0 Å². The van der Waals surface area contributed by atoms with E-state index in [1.807, 2.05) is 66.2 Å². The van der Waals surface area contributed by atoms with E-state index in [-0.39, 0.29) is 0 Å². The zero-order chi connectivity index (χ0) is 18.5. The molecule has 3 rings (SSSR count). The summed E-state index contributed by atoms with van der Waals surface area (Å²) in [6.07, 6.45) is 7.57. The highest BCUT2D eigenvalue weighted by Crippen LogP contribution is 2.24. The lowest BCUT2D eigenvalue weighted by atomic mass is 10.2. The molecule has 2 aromatic heterocycles. The Balaban J connectivity index is 1.85. The highest BCUT2D eigenvalue weighted by Gasteiger charge is 2.14. The van der Waals surface area contributed by atoms with Crippen LogP contribution in [0.25, 0.3) is 0 Å². The molecule has 7 heteroatoms. The van der Waals surface area contributed by atoms with E-state index in [1.165, 1.54) is 0 Å². The van der Waals surface area contributed by atoms with Crippen molar-refractivity contribution in [3.8, 4) is 11.5 Å². The van der Waals surface area contributed by atoms with Gasteiger partial charge in [-0.15, -0.1) is 0 Å². The Labute approximate surface area is 153 Å². The van der Waals surface area contributed by atoms with Crippen molar-refractivity contribution in [1.82, 2.24) is 24.0 Å². The summed E-state index contributed by atoms with van der Waals surface area (Å²) in [5.41, 5.74) is 1.12. The number of ether oxygens (including phenoxy) is 2. The number of rotatable bonds is 8. The minimum Gasteiger partial charge on any atom is -0.497 e. The molecule has 0 atom stereocenters. The lowest BCUT2D eigenvalue weighted by molar-refractivity contribution is 0.230. The van der Waals surface area contributed by atoms with Crippen molar-refractivity contribution in [1.29, 1.82) is 0 Å². The maximum atomic E-state index is 5.40. The van der Waals surface area contributed by atoms with Gasteiger partial charge in [0.1, 0.15) is 23.1 Å². The second kappa shape index (κ2) is 8.05. The fourth-order valence-electron chi connectivity index (χ4n) is 2.88. The number of aromatic nitrogens is 4. The lowest BCUT2D eigenvalue weighted by Gasteiger charge is -2.22. The molecule has 26 heavy (non-hydrogen) atoms. The van der Waals surface area contributed by atoms with Crippen molar-refractivity contribution in [2.24, 2.45) is 14.1 Å². The summed E-state index contributed by atoms with van der Waals surface area (Å²) in [7, 11) is 7.35. The van der Waals surface area contributed by atoms with E-state index in [9.17, 15) is 0 Å². The van der Waals surface area contributed by atoms with E-state index in [2.05, 4.69) is 14.9 Å². The van der Waals surface area contributed by atoms with Crippen LogP contribution in [-0.4, -0.2) is 38.2 Å². The van der Waals surface area contributed by atoms with Crippen LogP contribution < -0.4 is 9.47 Å². The van der Waals surface area contributed by atoms with Gasteiger partial charge in [0, 0.05) is 51.5 Å². The predicted molar refractivity (Wildman–Crippen MR) is 98.9 cm³/mol. The molecule has 0 aliphatic rings. The van der Waals surface area contributed by atoms with Gasteiger partial charge in [0.2, 0.25) is 0 Å². The smallest absolute Gasteiger partial charge is 0.122 e. The molecule has 0 aliphatic heterocycles. The van der Waals surface area contributed by atoms with Crippen molar-refractivity contribution in [3.63, 3.8) is 0 Å². The number of aryl methyl sites for hydroxylation is 2. The Bertz CT molecular complexity index is 791. The van der Waals surface area contributed by atoms with E-state index < -0.39 is 0 Å². The highest BCUT2D eigenvalue weighted by atomic mass is 16.5. The molecule has 0 aliphatic carbocycles. The summed E-state index contributed by atoms with van der Waals surface area (Å²) in [6.45, 7) is 2.17. The number of hydrogen-bond acceptors (Lipinski definition) is 5. The molecule has 0 saturated heterocycles. The van der Waals surface area contributed by atoms with Crippen molar-refractivity contribution >= 4 is 0 Å². The highest BCUT2D eigenvalue weighted by molar-refractivity contribution is 5.38. The van der Waals surface area contributed by atoms with Crippen LogP contribution in [0.5, 0.6) is 11.5 Å². The summed E-state index contributed by atoms with van der Waals surface area (Å²) in [5.74, 6) is 3.59. The molecule has 2 heterocycles. The van der Waals surface area contributed by atoms with E-state index in [0.717, 1.165) is 48.3 Å². The van der Waals surface area contributed by atoms with Crippen molar-refractivity contribution in [3.05, 3.63) is 60.2 Å². The molecule has 0 unspecified atom stereocenters. The standard InChI is InChI=1S/C19H25N5O2/c1-22-7-5-20-18(22)13-24(14-19-21-6-8-23(19)2)12-15-9-16(25-3)11-17(10-15)26-4/h5-11H,12-14H2,1-4H3. The van der Waals surface area contributed by atoms with Gasteiger partial charge in [0.25, 0.3) is 0 Å². The number of methoxy groups -OCH3 is 2. The van der Waals surface area contributed by atoms with Gasteiger partial charge in [-0.3, -0.25) is 4.90 Å². The largest absolute Gasteiger partial charge is 0.497 e. The summed E-state index contributed by atoms with van der Waals surface area (Å²) in [6, 6.07) is 5.95. The van der Waals surface area contributed by atoms with Gasteiger partial charge in [-0.2, -0.15) is 0 Å². The summed E-state index contributed by atoms with van der Waals surface area (Å²) < 4.78 is 14.9. The summed E-state index contributed by atoms with van der Waals surface area (Å²) in [5, 5.41) is 0. The van der Waals surface area contributed by atoms with E-state index >= 15 is 0 Å². The maximum absolute atomic E-state index is 5.40. The van der Waals surface area contributed by atoms with Gasteiger partial charge in [-0.25, -0.2) is 9.97 Å². The van der Waals surface area contributed by atoms with Gasteiger partial charge in [-0.1, -0.05) is 0 Å². The Hall–Kier alpha value is -2.80. The van der Waals surface area contributed by atoms with Crippen molar-refractivity contribution in [2.45, 2.75) is 19.6 Å². The average Bonchev–Trinajstić information content (AvgIpc) is 3.23. The zero-order valence-electron chi connectivity index (χ0n) is 15.7. The fourth-order valence-corrected chi connectivity index (χ4v) is 2.88. The molecule has 3 aromatic rings. The SMILES string of the molecule is COc1cc(CN(Cc2nccn2C)Cc2nccn2C)cc(OC)c1. The Kier molecular flexibility index (Phi) is 5.58. The molecule has 1 aromatic carbocycles. The molecule has 0 saturated carbocycles. The van der Waals surface area contributed by atoms with Crippen LogP contribution in [-0.2, 0) is 33.7 Å². The minimum atomic E-state index is 0.718. The molecule has 0 radical (unpaired) electrons. The number of hydrogen-bond donors (Lipinski definition) is 0. The van der Waals surface area contributed by atoms with Crippen LogP contribution in [0, 0.1) is 0 Å². The van der Waals surface area contributed by atoms with E-state index in [0.29, 0.717) is 0 Å². The molecular formula is C19H25N5O2. The third-order valence-electron chi connectivity index (χ3n) is 4.39. The van der Waals surface area contributed by atoms with Gasteiger partial charge in [0.15, 0.2) is 0 Å². The lowest BCUT2D eigenvalue weighted by Crippen LogP contribution is -2.25. The van der Waals surface area contributed by atoms with Crippen LogP contribution in [0.2, 0.25) is 0 Å². The molecular weight excluding hydrogens is 330 g/mol. The first-order chi connectivity index (χ1) is 12.6. The van der Waals surface area contributed by atoms with E-state index in [1.54, 1.807) is 14.2 Å². The first kappa shape index (κ1) is 18.0. The molecule has 138 valence electrons. The quantitative estimate of drug-likeness (QED) is 0.621. The molecule has 0 amide bonds. The number of nitrogens with zero attached hydrogens (tertiary/aromatic N) is 5. The van der Waals surface area contributed by atoms with Gasteiger partial charge >= 0.3 is 0 Å². The summed E-state index contributed by atoms with van der Waals surface area (Å²) >= 11 is 0. The second-order valence-corrected chi connectivity index (χ2v) is 6.27. The van der Waals surface area contributed by atoms with Crippen LogP contribution in [0.1, 0.15) is 17.2 Å². The molecule has 0 N–H and O–H groups in total. The van der Waals surface area contributed by atoms with Gasteiger partial charge in [-0.05, 0) is 17.7 Å². The number of imidazole rings is 2. The normalized spacial score (nSPS) is 11.1. The van der Waals surface area contributed by atoms with Gasteiger partial charge < -0.3 is 18.6 Å². The Morgan fingerprint density at radius 3 is 1.69 bits per heavy atom. The fraction of sp³-hybridized carbons (Fsp3) is 0.368. The van der Waals surface area contributed by atoms with Crippen LogP contribution in [0.15, 0.2) is 43.0 Å². The van der Waals surface area contributed by atoms with Crippen molar-refractivity contribution in [2.75, 3.05) is 14.2 Å².